The maximum Gasteiger partial charge on any atom is 0.371 e. The Kier molecular flexibility index (Phi) is 5.47. The summed E-state index contributed by atoms with van der Waals surface area (Å²) < 4.78 is 5.09. The van der Waals surface area contributed by atoms with Crippen LogP contribution in [0.3, 0.4) is 0 Å². The average Bonchev–Trinajstić information content (AvgIpc) is 2.54. The van der Waals surface area contributed by atoms with Crippen LogP contribution in [0.4, 0.5) is 0 Å². The number of aryl methyl sites for hydroxylation is 1. The second kappa shape index (κ2) is 7.35. The zero-order chi connectivity index (χ0) is 17.0. The predicted molar refractivity (Wildman–Crippen MR) is 90.3 cm³/mol. The second-order valence-electron chi connectivity index (χ2n) is 4.61. The molecule has 0 fully saturated rings. The minimum atomic E-state index is -0.814. The van der Waals surface area contributed by atoms with Gasteiger partial charge in [-0.1, -0.05) is 52.6 Å². The van der Waals surface area contributed by atoms with E-state index in [0.717, 1.165) is 5.56 Å². The van der Waals surface area contributed by atoms with Crippen LogP contribution in [0.15, 0.2) is 41.6 Å². The lowest BCUT2D eigenvalue weighted by Crippen LogP contribution is -2.16. The van der Waals surface area contributed by atoms with E-state index in [0.29, 0.717) is 5.56 Å². The van der Waals surface area contributed by atoms with Crippen molar-refractivity contribution >= 4 is 35.0 Å². The third-order valence-electron chi connectivity index (χ3n) is 3.11. The second-order valence-corrected chi connectivity index (χ2v) is 5.42. The summed E-state index contributed by atoms with van der Waals surface area (Å²) in [5, 5.41) is 4.04. The summed E-state index contributed by atoms with van der Waals surface area (Å²) in [7, 11) is 1.37. The lowest BCUT2D eigenvalue weighted by Gasteiger charge is -2.10. The predicted octanol–water partition coefficient (Wildman–Crippen LogP) is 3.79. The van der Waals surface area contributed by atoms with Crippen LogP contribution in [0.1, 0.15) is 21.5 Å². The smallest absolute Gasteiger partial charge is 0.371 e. The molecule has 0 aliphatic rings. The number of ether oxygens (including phenoxy) is 1. The van der Waals surface area contributed by atoms with Crippen molar-refractivity contribution in [1.29, 1.82) is 0 Å². The summed E-state index contributed by atoms with van der Waals surface area (Å²) in [6, 6.07) is 10.3. The molecule has 0 aliphatic carbocycles. The Hall–Kier alpha value is -2.24. The van der Waals surface area contributed by atoms with Gasteiger partial charge in [-0.15, -0.1) is 0 Å². The summed E-state index contributed by atoms with van der Waals surface area (Å²) in [5.74, 6) is -0.617. The minimum Gasteiger partial charge on any atom is -0.494 e. The largest absolute Gasteiger partial charge is 0.494 e. The van der Waals surface area contributed by atoms with E-state index in [1.165, 1.54) is 19.2 Å². The van der Waals surface area contributed by atoms with Crippen molar-refractivity contribution in [2.45, 2.75) is 6.92 Å². The molecular weight excluding hydrogens is 339 g/mol. The zero-order valence-electron chi connectivity index (χ0n) is 12.5. The summed E-state index contributed by atoms with van der Waals surface area (Å²) in [4.78, 5) is 17.1. The summed E-state index contributed by atoms with van der Waals surface area (Å²) in [5.41, 5.74) is 7.41. The topological polar surface area (TPSA) is 73.9 Å². The standard InChI is InChI=1S/C16H14Cl2N2O3/c1-9-5-3-4-6-10(9)15(19)20-23-16(21)13-11(17)7-8-12(18)14(13)22-2/h3-8H,1-2H3,(H2,19,20). The third kappa shape index (κ3) is 3.75. The maximum atomic E-state index is 12.2. The van der Waals surface area contributed by atoms with Gasteiger partial charge in [-0.05, 0) is 24.6 Å². The van der Waals surface area contributed by atoms with Crippen molar-refractivity contribution in [3.05, 3.63) is 63.1 Å². The Morgan fingerprint density at radius 1 is 1.13 bits per heavy atom. The molecule has 2 aromatic carbocycles. The van der Waals surface area contributed by atoms with Gasteiger partial charge in [0.25, 0.3) is 0 Å². The number of rotatable bonds is 4. The van der Waals surface area contributed by atoms with E-state index >= 15 is 0 Å². The molecule has 2 N–H and O–H groups in total. The van der Waals surface area contributed by atoms with E-state index in [-0.39, 0.29) is 27.2 Å². The maximum absolute atomic E-state index is 12.2. The number of amidine groups is 1. The fraction of sp³-hybridized carbons (Fsp3) is 0.125. The van der Waals surface area contributed by atoms with Crippen LogP contribution in [0, 0.1) is 6.92 Å². The van der Waals surface area contributed by atoms with Crippen molar-refractivity contribution in [1.82, 2.24) is 0 Å². The number of methoxy groups -OCH3 is 1. The molecule has 0 spiro atoms. The number of nitrogens with two attached hydrogens (primary N) is 1. The van der Waals surface area contributed by atoms with Crippen LogP contribution in [0.25, 0.3) is 0 Å². The molecule has 0 amide bonds. The fourth-order valence-electron chi connectivity index (χ4n) is 1.97. The molecule has 2 rings (SSSR count). The van der Waals surface area contributed by atoms with Crippen LogP contribution < -0.4 is 10.5 Å². The molecule has 7 heteroatoms. The molecule has 0 heterocycles. The molecule has 0 aliphatic heterocycles. The van der Waals surface area contributed by atoms with Gasteiger partial charge in [0, 0.05) is 5.56 Å². The molecule has 0 aromatic heterocycles. The number of nitrogens with zero attached hydrogens (tertiary/aromatic N) is 1. The third-order valence-corrected chi connectivity index (χ3v) is 3.73. The molecule has 0 saturated carbocycles. The normalized spacial score (nSPS) is 11.2. The molecule has 23 heavy (non-hydrogen) atoms. The van der Waals surface area contributed by atoms with Gasteiger partial charge in [-0.25, -0.2) is 4.79 Å². The first-order valence-corrected chi connectivity index (χ1v) is 7.34. The Morgan fingerprint density at radius 3 is 2.43 bits per heavy atom. The van der Waals surface area contributed by atoms with Crippen LogP contribution >= 0.6 is 23.2 Å². The summed E-state index contributed by atoms with van der Waals surface area (Å²) >= 11 is 12.0. The fourth-order valence-corrected chi connectivity index (χ4v) is 2.43. The first kappa shape index (κ1) is 17.1. The van der Waals surface area contributed by atoms with E-state index in [2.05, 4.69) is 5.16 Å². The van der Waals surface area contributed by atoms with Crippen molar-refractivity contribution in [2.24, 2.45) is 10.9 Å². The number of hydrogen-bond donors (Lipinski definition) is 1. The quantitative estimate of drug-likeness (QED) is 0.393. The molecule has 0 atom stereocenters. The summed E-state index contributed by atoms with van der Waals surface area (Å²) in [6.45, 7) is 1.87. The van der Waals surface area contributed by atoms with Crippen molar-refractivity contribution in [2.75, 3.05) is 7.11 Å². The van der Waals surface area contributed by atoms with E-state index in [1.807, 2.05) is 25.1 Å². The van der Waals surface area contributed by atoms with Gasteiger partial charge in [0.05, 0.1) is 17.2 Å². The van der Waals surface area contributed by atoms with Gasteiger partial charge in [0.1, 0.15) is 5.56 Å². The van der Waals surface area contributed by atoms with Crippen LogP contribution in [-0.2, 0) is 4.84 Å². The Bertz CT molecular complexity index is 776. The van der Waals surface area contributed by atoms with Gasteiger partial charge in [0.15, 0.2) is 11.6 Å². The highest BCUT2D eigenvalue weighted by Gasteiger charge is 2.21. The number of halogens is 2. The average molecular weight is 353 g/mol. The number of benzene rings is 2. The van der Waals surface area contributed by atoms with Gasteiger partial charge in [-0.3, -0.25) is 0 Å². The van der Waals surface area contributed by atoms with Crippen molar-refractivity contribution in [3.8, 4) is 5.75 Å². The van der Waals surface area contributed by atoms with Gasteiger partial charge < -0.3 is 15.3 Å². The van der Waals surface area contributed by atoms with Crippen molar-refractivity contribution in [3.63, 3.8) is 0 Å². The van der Waals surface area contributed by atoms with Gasteiger partial charge in [-0.2, -0.15) is 0 Å². The molecule has 5 nitrogen and oxygen atoms in total. The van der Waals surface area contributed by atoms with E-state index in [1.54, 1.807) is 6.07 Å². The van der Waals surface area contributed by atoms with Gasteiger partial charge in [0.2, 0.25) is 0 Å². The highest BCUT2D eigenvalue weighted by Crippen LogP contribution is 2.34. The molecule has 2 aromatic rings. The lowest BCUT2D eigenvalue weighted by molar-refractivity contribution is 0.0512. The van der Waals surface area contributed by atoms with Crippen LogP contribution in [0.2, 0.25) is 10.0 Å². The number of carbonyl (C=O) groups is 1. The highest BCUT2D eigenvalue weighted by molar-refractivity contribution is 6.37. The Labute approximate surface area is 143 Å². The minimum absolute atomic E-state index is 0.0111. The Balaban J connectivity index is 2.29. The Morgan fingerprint density at radius 2 is 1.78 bits per heavy atom. The molecule has 0 bridgehead atoms. The first-order valence-electron chi connectivity index (χ1n) is 6.58. The lowest BCUT2D eigenvalue weighted by atomic mass is 10.1. The molecule has 0 unspecified atom stereocenters. The van der Waals surface area contributed by atoms with Crippen LogP contribution in [-0.4, -0.2) is 18.9 Å². The van der Waals surface area contributed by atoms with E-state index in [4.69, 9.17) is 38.5 Å². The number of carbonyl (C=O) groups excluding carboxylic acids is 1. The molecule has 0 radical (unpaired) electrons. The molecule has 0 saturated heterocycles. The molecular formula is C16H14Cl2N2O3. The monoisotopic (exact) mass is 352 g/mol. The molecule has 120 valence electrons. The van der Waals surface area contributed by atoms with E-state index in [9.17, 15) is 4.79 Å². The van der Waals surface area contributed by atoms with Crippen LogP contribution in [0.5, 0.6) is 5.75 Å². The van der Waals surface area contributed by atoms with Crippen molar-refractivity contribution < 1.29 is 14.4 Å². The van der Waals surface area contributed by atoms with E-state index < -0.39 is 5.97 Å². The summed E-state index contributed by atoms with van der Waals surface area (Å²) in [6.07, 6.45) is 0. The first-order chi connectivity index (χ1) is 11.0. The number of hydrogen-bond acceptors (Lipinski definition) is 4. The zero-order valence-corrected chi connectivity index (χ0v) is 14.0. The SMILES string of the molecule is COc1c(Cl)ccc(Cl)c1C(=O)O/N=C(\N)c1ccccc1C. The highest BCUT2D eigenvalue weighted by atomic mass is 35.5. The number of oxime groups is 1. The van der Waals surface area contributed by atoms with Gasteiger partial charge >= 0.3 is 5.97 Å².